The zero-order valence-electron chi connectivity index (χ0n) is 6.64. The molecule has 0 bridgehead atoms. The Bertz CT molecular complexity index is 128. The summed E-state index contributed by atoms with van der Waals surface area (Å²) in [6.07, 6.45) is -1.00. The topological polar surface area (TPSA) is 92.5 Å². The predicted octanol–water partition coefficient (Wildman–Crippen LogP) is -1.60. The average Bonchev–Trinajstić information content (AvgIpc) is 1.97. The summed E-state index contributed by atoms with van der Waals surface area (Å²) >= 11 is 0. The number of aliphatic hydroxyl groups excluding tert-OH is 2. The van der Waals surface area contributed by atoms with E-state index in [4.69, 9.17) is 11.5 Å². The van der Waals surface area contributed by atoms with Crippen LogP contribution in [0.5, 0.6) is 0 Å². The molecule has 0 spiro atoms. The molecule has 0 amide bonds. The molecule has 0 aliphatic heterocycles. The van der Waals surface area contributed by atoms with Gasteiger partial charge in [-0.15, -0.1) is 0 Å². The van der Waals surface area contributed by atoms with Gasteiger partial charge < -0.3 is 21.7 Å². The molecular weight excluding hydrogens is 144 g/mol. The van der Waals surface area contributed by atoms with Crippen molar-refractivity contribution in [1.82, 2.24) is 0 Å². The molecule has 4 heteroatoms. The summed E-state index contributed by atoms with van der Waals surface area (Å²) in [7, 11) is 0. The maximum atomic E-state index is 9.38. The number of aliphatic hydroxyl groups is 2. The molecule has 0 aromatic carbocycles. The Morgan fingerprint density at radius 2 is 1.64 bits per heavy atom. The molecule has 6 N–H and O–H groups in total. The van der Waals surface area contributed by atoms with Gasteiger partial charge in [-0.05, 0) is 12.3 Å². The zero-order valence-corrected chi connectivity index (χ0v) is 6.64. The molecule has 1 fully saturated rings. The van der Waals surface area contributed by atoms with Gasteiger partial charge in [0.15, 0.2) is 0 Å². The third-order valence-electron chi connectivity index (χ3n) is 2.55. The van der Waals surface area contributed by atoms with Gasteiger partial charge in [-0.3, -0.25) is 0 Å². The van der Waals surface area contributed by atoms with E-state index in [9.17, 15) is 10.2 Å². The van der Waals surface area contributed by atoms with E-state index >= 15 is 0 Å². The lowest BCUT2D eigenvalue weighted by Crippen LogP contribution is -2.57. The predicted molar refractivity (Wildman–Crippen MR) is 41.7 cm³/mol. The number of hydrogen-bond donors (Lipinski definition) is 4. The summed E-state index contributed by atoms with van der Waals surface area (Å²) in [4.78, 5) is 0. The fraction of sp³-hybridized carbons (Fsp3) is 1.00. The van der Waals surface area contributed by atoms with Crippen molar-refractivity contribution in [3.05, 3.63) is 0 Å². The number of hydrogen-bond acceptors (Lipinski definition) is 4. The van der Waals surface area contributed by atoms with Crippen LogP contribution in [0.1, 0.15) is 13.3 Å². The summed E-state index contributed by atoms with van der Waals surface area (Å²) in [6.45, 7) is 1.82. The third-order valence-corrected chi connectivity index (χ3v) is 2.55. The fourth-order valence-corrected chi connectivity index (χ4v) is 1.49. The lowest BCUT2D eigenvalue weighted by atomic mass is 9.79. The van der Waals surface area contributed by atoms with Crippen molar-refractivity contribution in [3.8, 4) is 0 Å². The summed E-state index contributed by atoms with van der Waals surface area (Å²) in [6, 6.07) is -0.473. The summed E-state index contributed by atoms with van der Waals surface area (Å²) in [5.74, 6) is -0.0650. The molecule has 5 atom stereocenters. The van der Waals surface area contributed by atoms with E-state index in [-0.39, 0.29) is 18.0 Å². The normalized spacial score (nSPS) is 52.6. The van der Waals surface area contributed by atoms with Gasteiger partial charge in [0.1, 0.15) is 0 Å². The maximum Gasteiger partial charge on any atom is 0.0953 e. The van der Waals surface area contributed by atoms with Crippen molar-refractivity contribution in [1.29, 1.82) is 0 Å². The van der Waals surface area contributed by atoms with Crippen LogP contribution in [0.2, 0.25) is 0 Å². The Balaban J connectivity index is 2.63. The summed E-state index contributed by atoms with van der Waals surface area (Å²) < 4.78 is 0. The molecule has 0 radical (unpaired) electrons. The maximum absolute atomic E-state index is 9.38. The van der Waals surface area contributed by atoms with Gasteiger partial charge >= 0.3 is 0 Å². The lowest BCUT2D eigenvalue weighted by molar-refractivity contribution is -0.0568. The first-order valence-corrected chi connectivity index (χ1v) is 3.91. The SMILES string of the molecule is CC1C(N)CC(N)C(O)C1O. The van der Waals surface area contributed by atoms with E-state index in [1.165, 1.54) is 0 Å². The standard InChI is InChI=1S/C7H16N2O2/c1-3-4(8)2-5(9)7(11)6(3)10/h3-7,10-11H,2,8-9H2,1H3. The zero-order chi connectivity index (χ0) is 8.59. The average molecular weight is 160 g/mol. The quantitative estimate of drug-likeness (QED) is 0.343. The van der Waals surface area contributed by atoms with Crippen LogP contribution in [0.15, 0.2) is 0 Å². The second-order valence-corrected chi connectivity index (χ2v) is 3.40. The first-order chi connectivity index (χ1) is 5.04. The van der Waals surface area contributed by atoms with Crippen LogP contribution in [0.4, 0.5) is 0 Å². The van der Waals surface area contributed by atoms with Crippen molar-refractivity contribution in [3.63, 3.8) is 0 Å². The van der Waals surface area contributed by atoms with E-state index in [1.54, 1.807) is 0 Å². The third kappa shape index (κ3) is 1.54. The Kier molecular flexibility index (Phi) is 2.49. The summed E-state index contributed by atoms with van der Waals surface area (Å²) in [5, 5.41) is 18.7. The van der Waals surface area contributed by atoms with Crippen LogP contribution < -0.4 is 11.5 Å². The van der Waals surface area contributed by atoms with Crippen LogP contribution >= 0.6 is 0 Å². The minimum Gasteiger partial charge on any atom is -0.390 e. The highest BCUT2D eigenvalue weighted by molar-refractivity contribution is 4.94. The molecule has 66 valence electrons. The number of nitrogens with two attached hydrogens (primary N) is 2. The second kappa shape index (κ2) is 3.06. The van der Waals surface area contributed by atoms with Crippen LogP contribution in [0.3, 0.4) is 0 Å². The smallest absolute Gasteiger partial charge is 0.0953 e. The van der Waals surface area contributed by atoms with Crippen molar-refractivity contribution >= 4 is 0 Å². The molecule has 1 aliphatic carbocycles. The van der Waals surface area contributed by atoms with E-state index in [0.29, 0.717) is 6.42 Å². The highest BCUT2D eigenvalue weighted by Gasteiger charge is 2.37. The van der Waals surface area contributed by atoms with E-state index in [2.05, 4.69) is 0 Å². The molecule has 1 saturated carbocycles. The van der Waals surface area contributed by atoms with Gasteiger partial charge in [0.2, 0.25) is 0 Å². The Hall–Kier alpha value is -0.160. The van der Waals surface area contributed by atoms with Crippen molar-refractivity contribution in [2.24, 2.45) is 17.4 Å². The molecule has 1 rings (SSSR count). The highest BCUT2D eigenvalue weighted by Crippen LogP contribution is 2.22. The second-order valence-electron chi connectivity index (χ2n) is 3.40. The molecule has 11 heavy (non-hydrogen) atoms. The van der Waals surface area contributed by atoms with Gasteiger partial charge in [-0.1, -0.05) is 6.92 Å². The highest BCUT2D eigenvalue weighted by atomic mass is 16.3. The van der Waals surface area contributed by atoms with Crippen molar-refractivity contribution in [2.45, 2.75) is 37.6 Å². The van der Waals surface area contributed by atoms with Gasteiger partial charge in [0.25, 0.3) is 0 Å². The van der Waals surface area contributed by atoms with Crippen LogP contribution in [0.25, 0.3) is 0 Å². The van der Waals surface area contributed by atoms with Crippen LogP contribution in [0, 0.1) is 5.92 Å². The fourth-order valence-electron chi connectivity index (χ4n) is 1.49. The Morgan fingerprint density at radius 3 is 2.18 bits per heavy atom. The van der Waals surface area contributed by atoms with Gasteiger partial charge in [-0.25, -0.2) is 0 Å². The van der Waals surface area contributed by atoms with Crippen LogP contribution in [-0.2, 0) is 0 Å². The minimum atomic E-state index is -0.815. The van der Waals surface area contributed by atoms with E-state index in [0.717, 1.165) is 0 Å². The van der Waals surface area contributed by atoms with Gasteiger partial charge in [0.05, 0.1) is 12.2 Å². The summed E-state index contributed by atoms with van der Waals surface area (Å²) in [5.41, 5.74) is 11.2. The largest absolute Gasteiger partial charge is 0.390 e. The molecule has 0 saturated heterocycles. The molecule has 5 unspecified atom stereocenters. The monoisotopic (exact) mass is 160 g/mol. The Morgan fingerprint density at radius 1 is 1.09 bits per heavy atom. The lowest BCUT2D eigenvalue weighted by Gasteiger charge is -2.38. The van der Waals surface area contributed by atoms with E-state index in [1.807, 2.05) is 6.92 Å². The van der Waals surface area contributed by atoms with Gasteiger partial charge in [0, 0.05) is 12.1 Å². The number of rotatable bonds is 0. The Labute approximate surface area is 66.2 Å². The van der Waals surface area contributed by atoms with Crippen LogP contribution in [-0.4, -0.2) is 34.5 Å². The molecule has 0 heterocycles. The molecule has 0 aromatic heterocycles. The molecule has 4 nitrogen and oxygen atoms in total. The minimum absolute atomic E-state index is 0.0650. The molecule has 1 aliphatic rings. The first-order valence-electron chi connectivity index (χ1n) is 3.91. The first kappa shape index (κ1) is 8.93. The van der Waals surface area contributed by atoms with Gasteiger partial charge in [-0.2, -0.15) is 0 Å². The van der Waals surface area contributed by atoms with Crippen molar-refractivity contribution in [2.75, 3.05) is 0 Å². The van der Waals surface area contributed by atoms with E-state index < -0.39 is 12.2 Å². The molecule has 0 aromatic rings. The van der Waals surface area contributed by atoms with Crippen molar-refractivity contribution < 1.29 is 10.2 Å². The molecular formula is C7H16N2O2.